The Labute approximate surface area is 192 Å². The number of aryl methyl sites for hydroxylation is 1. The van der Waals surface area contributed by atoms with E-state index in [2.05, 4.69) is 16.6 Å². The highest BCUT2D eigenvalue weighted by Crippen LogP contribution is 2.34. The van der Waals surface area contributed by atoms with Crippen LogP contribution in [0.5, 0.6) is 5.75 Å². The predicted molar refractivity (Wildman–Crippen MR) is 113 cm³/mol. The van der Waals surface area contributed by atoms with Crippen LogP contribution in [0.2, 0.25) is 0 Å². The summed E-state index contributed by atoms with van der Waals surface area (Å²) in [7, 11) is 0. The van der Waals surface area contributed by atoms with E-state index in [1.165, 1.54) is 6.07 Å². The van der Waals surface area contributed by atoms with Gasteiger partial charge in [0.25, 0.3) is 0 Å². The standard InChI is InChI=1S/C26H19F7O/c1-2-3-4-5-16-7-11-20(22(28)12-16)26(32,33)34-19-10-9-18(21(27)15-19)8-6-17-13-23(29)25(31)24(30)14-17/h7,9-15H,2-5H2,1H3. The lowest BCUT2D eigenvalue weighted by Gasteiger charge is -2.19. The Balaban J connectivity index is 1.76. The molecule has 178 valence electrons. The maximum absolute atomic E-state index is 14.5. The Morgan fingerprint density at radius 1 is 0.765 bits per heavy atom. The van der Waals surface area contributed by atoms with Gasteiger partial charge in [0, 0.05) is 11.6 Å². The summed E-state index contributed by atoms with van der Waals surface area (Å²) < 4.78 is 102. The summed E-state index contributed by atoms with van der Waals surface area (Å²) in [6.07, 6.45) is -0.804. The Bertz CT molecular complexity index is 1220. The summed E-state index contributed by atoms with van der Waals surface area (Å²) >= 11 is 0. The molecule has 34 heavy (non-hydrogen) atoms. The number of alkyl halides is 2. The van der Waals surface area contributed by atoms with Gasteiger partial charge in [0.2, 0.25) is 0 Å². The molecule has 0 unspecified atom stereocenters. The van der Waals surface area contributed by atoms with E-state index in [4.69, 9.17) is 0 Å². The first-order valence-corrected chi connectivity index (χ1v) is 10.4. The van der Waals surface area contributed by atoms with Crippen molar-refractivity contribution in [3.8, 4) is 17.6 Å². The Morgan fingerprint density at radius 3 is 2.09 bits per heavy atom. The summed E-state index contributed by atoms with van der Waals surface area (Å²) in [4.78, 5) is 0. The number of rotatable bonds is 7. The van der Waals surface area contributed by atoms with Crippen molar-refractivity contribution < 1.29 is 35.5 Å². The summed E-state index contributed by atoms with van der Waals surface area (Å²) in [6.45, 7) is 2.01. The molecule has 0 aliphatic heterocycles. The Morgan fingerprint density at radius 2 is 1.47 bits per heavy atom. The van der Waals surface area contributed by atoms with Gasteiger partial charge in [-0.05, 0) is 54.8 Å². The molecule has 0 spiro atoms. The van der Waals surface area contributed by atoms with Crippen molar-refractivity contribution in [3.05, 3.63) is 99.9 Å². The summed E-state index contributed by atoms with van der Waals surface area (Å²) in [6, 6.07) is 7.25. The highest BCUT2D eigenvalue weighted by molar-refractivity contribution is 5.45. The minimum atomic E-state index is -4.07. The molecule has 0 radical (unpaired) electrons. The first kappa shape index (κ1) is 25.2. The fraction of sp³-hybridized carbons (Fsp3) is 0.231. The zero-order valence-electron chi connectivity index (χ0n) is 18.0. The van der Waals surface area contributed by atoms with E-state index in [9.17, 15) is 30.7 Å². The van der Waals surface area contributed by atoms with Gasteiger partial charge in [0.05, 0.1) is 11.1 Å². The molecule has 0 aliphatic rings. The summed E-state index contributed by atoms with van der Waals surface area (Å²) in [5, 5.41) is 0. The molecule has 8 heteroatoms. The van der Waals surface area contributed by atoms with Gasteiger partial charge in [-0.25, -0.2) is 22.0 Å². The maximum atomic E-state index is 14.5. The number of benzene rings is 3. The molecule has 0 saturated carbocycles. The maximum Gasteiger partial charge on any atom is 0.429 e. The Kier molecular flexibility index (Phi) is 7.87. The van der Waals surface area contributed by atoms with E-state index in [-0.39, 0.29) is 11.1 Å². The first-order valence-electron chi connectivity index (χ1n) is 10.4. The van der Waals surface area contributed by atoms with E-state index in [0.717, 1.165) is 43.5 Å². The molecule has 3 aromatic carbocycles. The number of unbranched alkanes of at least 4 members (excludes halogenated alkanes) is 2. The fourth-order valence-electron chi connectivity index (χ4n) is 3.16. The molecule has 1 nitrogen and oxygen atoms in total. The lowest BCUT2D eigenvalue weighted by molar-refractivity contribution is -0.187. The van der Waals surface area contributed by atoms with E-state index in [1.54, 1.807) is 0 Å². The zero-order valence-corrected chi connectivity index (χ0v) is 18.0. The molecule has 0 heterocycles. The van der Waals surface area contributed by atoms with Crippen molar-refractivity contribution in [3.63, 3.8) is 0 Å². The molecular weight excluding hydrogens is 461 g/mol. The third-order valence-electron chi connectivity index (χ3n) is 4.93. The Hall–Kier alpha value is -3.47. The van der Waals surface area contributed by atoms with Crippen LogP contribution in [0.1, 0.15) is 48.4 Å². The highest BCUT2D eigenvalue weighted by Gasteiger charge is 2.37. The molecule has 0 aliphatic carbocycles. The monoisotopic (exact) mass is 480 g/mol. The average Bonchev–Trinajstić information content (AvgIpc) is 2.76. The second-order valence-corrected chi connectivity index (χ2v) is 7.54. The lowest BCUT2D eigenvalue weighted by atomic mass is 10.0. The van der Waals surface area contributed by atoms with Crippen LogP contribution in [0.25, 0.3) is 0 Å². The topological polar surface area (TPSA) is 9.23 Å². The van der Waals surface area contributed by atoms with Crippen LogP contribution in [0.4, 0.5) is 30.7 Å². The van der Waals surface area contributed by atoms with Gasteiger partial charge in [-0.1, -0.05) is 37.7 Å². The van der Waals surface area contributed by atoms with Gasteiger partial charge in [0.15, 0.2) is 17.5 Å². The highest BCUT2D eigenvalue weighted by atomic mass is 19.3. The number of hydrogen-bond acceptors (Lipinski definition) is 1. The third kappa shape index (κ3) is 6.10. The largest absolute Gasteiger partial charge is 0.429 e. The van der Waals surface area contributed by atoms with Crippen LogP contribution in [0, 0.1) is 40.9 Å². The molecule has 0 atom stereocenters. The third-order valence-corrected chi connectivity index (χ3v) is 4.93. The van der Waals surface area contributed by atoms with Gasteiger partial charge < -0.3 is 4.74 Å². The lowest BCUT2D eigenvalue weighted by Crippen LogP contribution is -2.23. The first-order chi connectivity index (χ1) is 16.1. The fourth-order valence-corrected chi connectivity index (χ4v) is 3.16. The van der Waals surface area contributed by atoms with E-state index >= 15 is 0 Å². The number of ether oxygens (including phenoxy) is 1. The van der Waals surface area contributed by atoms with E-state index in [0.29, 0.717) is 30.2 Å². The minimum Gasteiger partial charge on any atom is -0.429 e. The summed E-state index contributed by atoms with van der Waals surface area (Å²) in [5.74, 6) is -2.83. The van der Waals surface area contributed by atoms with Crippen molar-refractivity contribution in [2.45, 2.75) is 38.7 Å². The molecule has 0 saturated heterocycles. The molecule has 0 fully saturated rings. The van der Waals surface area contributed by atoms with Gasteiger partial charge in [0.1, 0.15) is 17.4 Å². The van der Waals surface area contributed by atoms with Crippen LogP contribution >= 0.6 is 0 Å². The van der Waals surface area contributed by atoms with E-state index in [1.807, 2.05) is 6.92 Å². The van der Waals surface area contributed by atoms with Crippen molar-refractivity contribution in [1.29, 1.82) is 0 Å². The molecule has 0 aromatic heterocycles. The SMILES string of the molecule is CCCCCc1ccc(C(F)(F)Oc2ccc(C#Cc3cc(F)c(F)c(F)c3)c(F)c2)c(F)c1. The van der Waals surface area contributed by atoms with Crippen LogP contribution in [0.3, 0.4) is 0 Å². The van der Waals surface area contributed by atoms with E-state index < -0.39 is 46.5 Å². The average molecular weight is 480 g/mol. The van der Waals surface area contributed by atoms with Gasteiger partial charge in [-0.3, -0.25) is 0 Å². The molecule has 0 amide bonds. The van der Waals surface area contributed by atoms with Crippen molar-refractivity contribution in [1.82, 2.24) is 0 Å². The second-order valence-electron chi connectivity index (χ2n) is 7.54. The summed E-state index contributed by atoms with van der Waals surface area (Å²) in [5.41, 5.74) is -0.948. The van der Waals surface area contributed by atoms with Crippen molar-refractivity contribution in [2.24, 2.45) is 0 Å². The molecule has 0 bridgehead atoms. The molecule has 3 rings (SSSR count). The number of hydrogen-bond donors (Lipinski definition) is 0. The van der Waals surface area contributed by atoms with Gasteiger partial charge >= 0.3 is 6.11 Å². The van der Waals surface area contributed by atoms with Crippen LogP contribution in [-0.2, 0) is 12.5 Å². The van der Waals surface area contributed by atoms with Crippen LogP contribution in [-0.4, -0.2) is 0 Å². The molecule has 3 aromatic rings. The van der Waals surface area contributed by atoms with Crippen molar-refractivity contribution in [2.75, 3.05) is 0 Å². The van der Waals surface area contributed by atoms with Crippen LogP contribution < -0.4 is 4.74 Å². The second kappa shape index (κ2) is 10.6. The van der Waals surface area contributed by atoms with Gasteiger partial charge in [-0.2, -0.15) is 8.78 Å². The quantitative estimate of drug-likeness (QED) is 0.146. The number of halogens is 7. The minimum absolute atomic E-state index is 0.253. The van der Waals surface area contributed by atoms with Crippen molar-refractivity contribution >= 4 is 0 Å². The normalized spacial score (nSPS) is 11.2. The van der Waals surface area contributed by atoms with Gasteiger partial charge in [-0.15, -0.1) is 0 Å². The zero-order chi connectivity index (χ0) is 24.9. The smallest absolute Gasteiger partial charge is 0.429 e. The molecular formula is C26H19F7O. The predicted octanol–water partition coefficient (Wildman–Crippen LogP) is 7.64. The molecule has 0 N–H and O–H groups in total. The van der Waals surface area contributed by atoms with Crippen LogP contribution in [0.15, 0.2) is 48.5 Å².